The van der Waals surface area contributed by atoms with E-state index in [1.54, 1.807) is 0 Å². The van der Waals surface area contributed by atoms with Crippen LogP contribution in [0.4, 0.5) is 0 Å². The molecule has 4 atom stereocenters. The molecule has 10 heavy (non-hydrogen) atoms. The van der Waals surface area contributed by atoms with E-state index in [1.807, 2.05) is 0 Å². The molecule has 2 aliphatic rings. The minimum Gasteiger partial charge on any atom is -0.378 e. The lowest BCUT2D eigenvalue weighted by Crippen LogP contribution is -2.26. The van der Waals surface area contributed by atoms with Gasteiger partial charge in [0, 0.05) is 0 Å². The first-order valence-electron chi connectivity index (χ1n) is 4.39. The second-order valence-electron chi connectivity index (χ2n) is 4.07. The Morgan fingerprint density at radius 2 is 2.00 bits per heavy atom. The summed E-state index contributed by atoms with van der Waals surface area (Å²) in [4.78, 5) is 0. The number of fused-ring (bicyclic) bond motifs is 2. The smallest absolute Gasteiger partial charge is 0.0606 e. The average Bonchev–Trinajstić information content (AvgIpc) is 2.20. The van der Waals surface area contributed by atoms with Gasteiger partial charge < -0.3 is 4.74 Å². The van der Waals surface area contributed by atoms with E-state index in [1.165, 1.54) is 12.8 Å². The molecule has 1 aliphatic heterocycles. The van der Waals surface area contributed by atoms with Gasteiger partial charge in [0.25, 0.3) is 0 Å². The number of rotatable bonds is 0. The lowest BCUT2D eigenvalue weighted by Gasteiger charge is -2.28. The Morgan fingerprint density at radius 3 is 2.70 bits per heavy atom. The molecule has 1 saturated heterocycles. The molecule has 2 fully saturated rings. The van der Waals surface area contributed by atoms with Gasteiger partial charge in [0.1, 0.15) is 0 Å². The third kappa shape index (κ3) is 0.878. The van der Waals surface area contributed by atoms with Crippen molar-refractivity contribution in [2.75, 3.05) is 6.61 Å². The molecular formula is C9H16O. The van der Waals surface area contributed by atoms with E-state index in [0.717, 1.165) is 24.4 Å². The Bertz CT molecular complexity index is 119. The molecule has 2 rings (SSSR count). The third-order valence-electron chi connectivity index (χ3n) is 3.19. The molecule has 1 heterocycles. The Hall–Kier alpha value is -0.0400. The molecule has 0 aromatic rings. The maximum atomic E-state index is 5.66. The molecule has 0 amide bonds. The van der Waals surface area contributed by atoms with E-state index in [0.29, 0.717) is 6.10 Å². The minimum absolute atomic E-state index is 0.605. The third-order valence-corrected chi connectivity index (χ3v) is 3.19. The van der Waals surface area contributed by atoms with Crippen molar-refractivity contribution < 1.29 is 4.74 Å². The fraction of sp³-hybridized carbons (Fsp3) is 1.00. The van der Waals surface area contributed by atoms with Crippen molar-refractivity contribution in [2.24, 2.45) is 17.8 Å². The van der Waals surface area contributed by atoms with Gasteiger partial charge in [-0.1, -0.05) is 13.8 Å². The summed E-state index contributed by atoms with van der Waals surface area (Å²) in [7, 11) is 0. The molecule has 1 heteroatoms. The number of ether oxygens (including phenoxy) is 1. The predicted molar refractivity (Wildman–Crippen MR) is 40.8 cm³/mol. The van der Waals surface area contributed by atoms with Gasteiger partial charge in [-0.3, -0.25) is 0 Å². The molecule has 2 bridgehead atoms. The zero-order valence-corrected chi connectivity index (χ0v) is 6.84. The van der Waals surface area contributed by atoms with Crippen molar-refractivity contribution in [3.8, 4) is 0 Å². The maximum absolute atomic E-state index is 5.66. The van der Waals surface area contributed by atoms with Crippen LogP contribution in [-0.2, 0) is 4.74 Å². The van der Waals surface area contributed by atoms with Crippen molar-refractivity contribution in [2.45, 2.75) is 32.8 Å². The normalized spacial score (nSPS) is 53.4. The van der Waals surface area contributed by atoms with Crippen LogP contribution in [0.5, 0.6) is 0 Å². The van der Waals surface area contributed by atoms with E-state index < -0.39 is 0 Å². The Morgan fingerprint density at radius 1 is 1.20 bits per heavy atom. The second-order valence-corrected chi connectivity index (χ2v) is 4.07. The average molecular weight is 140 g/mol. The van der Waals surface area contributed by atoms with Crippen LogP contribution >= 0.6 is 0 Å². The van der Waals surface area contributed by atoms with Crippen molar-refractivity contribution in [3.63, 3.8) is 0 Å². The highest BCUT2D eigenvalue weighted by atomic mass is 16.5. The molecule has 1 nitrogen and oxygen atoms in total. The molecule has 0 N–H and O–H groups in total. The van der Waals surface area contributed by atoms with Crippen molar-refractivity contribution >= 4 is 0 Å². The quantitative estimate of drug-likeness (QED) is 0.500. The molecular weight excluding hydrogens is 124 g/mol. The molecule has 4 unspecified atom stereocenters. The molecule has 1 saturated carbocycles. The lowest BCUT2D eigenvalue weighted by atomic mass is 9.76. The van der Waals surface area contributed by atoms with Crippen LogP contribution in [0.2, 0.25) is 0 Å². The van der Waals surface area contributed by atoms with E-state index in [-0.39, 0.29) is 0 Å². The first-order valence-corrected chi connectivity index (χ1v) is 4.39. The topological polar surface area (TPSA) is 9.23 Å². The molecule has 1 aliphatic carbocycles. The Labute approximate surface area is 62.8 Å². The summed E-state index contributed by atoms with van der Waals surface area (Å²) >= 11 is 0. The monoisotopic (exact) mass is 140 g/mol. The Balaban J connectivity index is 2.09. The Kier molecular flexibility index (Phi) is 1.48. The van der Waals surface area contributed by atoms with Gasteiger partial charge in [-0.25, -0.2) is 0 Å². The summed E-state index contributed by atoms with van der Waals surface area (Å²) in [6.45, 7) is 5.73. The van der Waals surface area contributed by atoms with Crippen LogP contribution in [0.15, 0.2) is 0 Å². The van der Waals surface area contributed by atoms with Gasteiger partial charge in [-0.05, 0) is 30.6 Å². The molecule has 0 aromatic heterocycles. The van der Waals surface area contributed by atoms with Gasteiger partial charge in [0.15, 0.2) is 0 Å². The summed E-state index contributed by atoms with van der Waals surface area (Å²) < 4.78 is 5.66. The van der Waals surface area contributed by atoms with Crippen LogP contribution in [0, 0.1) is 17.8 Å². The number of hydrogen-bond donors (Lipinski definition) is 0. The second kappa shape index (κ2) is 2.23. The standard InChI is InChI=1S/C9H16O/c1-6-3-8-5-10-9(4-6)7(8)2/h6-9H,3-5H2,1-2H3. The van der Waals surface area contributed by atoms with Crippen molar-refractivity contribution in [1.82, 2.24) is 0 Å². The van der Waals surface area contributed by atoms with Gasteiger partial charge >= 0.3 is 0 Å². The fourth-order valence-electron chi connectivity index (χ4n) is 2.43. The van der Waals surface area contributed by atoms with Crippen LogP contribution in [-0.4, -0.2) is 12.7 Å². The van der Waals surface area contributed by atoms with Crippen LogP contribution in [0.1, 0.15) is 26.7 Å². The van der Waals surface area contributed by atoms with Crippen molar-refractivity contribution in [1.29, 1.82) is 0 Å². The number of hydrogen-bond acceptors (Lipinski definition) is 1. The van der Waals surface area contributed by atoms with E-state index >= 15 is 0 Å². The largest absolute Gasteiger partial charge is 0.378 e. The fourth-order valence-corrected chi connectivity index (χ4v) is 2.43. The van der Waals surface area contributed by atoms with Crippen LogP contribution in [0.25, 0.3) is 0 Å². The summed E-state index contributed by atoms with van der Waals surface area (Å²) in [5.41, 5.74) is 0. The molecule has 58 valence electrons. The predicted octanol–water partition coefficient (Wildman–Crippen LogP) is 2.07. The minimum atomic E-state index is 0.605. The van der Waals surface area contributed by atoms with E-state index in [9.17, 15) is 0 Å². The summed E-state index contributed by atoms with van der Waals surface area (Å²) in [5.74, 6) is 2.64. The highest BCUT2D eigenvalue weighted by Crippen LogP contribution is 2.40. The van der Waals surface area contributed by atoms with Gasteiger partial charge in [0.05, 0.1) is 12.7 Å². The summed E-state index contributed by atoms with van der Waals surface area (Å²) in [6, 6.07) is 0. The van der Waals surface area contributed by atoms with Gasteiger partial charge in [-0.15, -0.1) is 0 Å². The summed E-state index contributed by atoms with van der Waals surface area (Å²) in [6.07, 6.45) is 3.31. The zero-order chi connectivity index (χ0) is 7.14. The first-order chi connectivity index (χ1) is 4.77. The molecule has 0 aromatic carbocycles. The summed E-state index contributed by atoms with van der Waals surface area (Å²) in [5, 5.41) is 0. The van der Waals surface area contributed by atoms with Crippen molar-refractivity contribution in [3.05, 3.63) is 0 Å². The SMILES string of the molecule is CC1CC2COC(C1)C2C. The maximum Gasteiger partial charge on any atom is 0.0606 e. The highest BCUT2D eigenvalue weighted by Gasteiger charge is 2.39. The molecule has 0 spiro atoms. The van der Waals surface area contributed by atoms with Crippen LogP contribution in [0.3, 0.4) is 0 Å². The zero-order valence-electron chi connectivity index (χ0n) is 6.84. The van der Waals surface area contributed by atoms with Gasteiger partial charge in [0.2, 0.25) is 0 Å². The van der Waals surface area contributed by atoms with E-state index in [4.69, 9.17) is 4.74 Å². The first kappa shape index (κ1) is 6.66. The van der Waals surface area contributed by atoms with Gasteiger partial charge in [-0.2, -0.15) is 0 Å². The highest BCUT2D eigenvalue weighted by molar-refractivity contribution is 4.87. The lowest BCUT2D eigenvalue weighted by molar-refractivity contribution is 0.0758. The molecule has 0 radical (unpaired) electrons. The van der Waals surface area contributed by atoms with Crippen LogP contribution < -0.4 is 0 Å². The van der Waals surface area contributed by atoms with E-state index in [2.05, 4.69) is 13.8 Å².